The van der Waals surface area contributed by atoms with Crippen molar-refractivity contribution in [3.05, 3.63) is 48.5 Å². The molecule has 1 aromatic heterocycles. The minimum Gasteiger partial charge on any atom is -0.477 e. The largest absolute Gasteiger partial charge is 0.477 e. The first-order valence-electron chi connectivity index (χ1n) is 7.83. The van der Waals surface area contributed by atoms with Crippen LogP contribution in [0.5, 0.6) is 0 Å². The van der Waals surface area contributed by atoms with E-state index in [-0.39, 0.29) is 0 Å². The Bertz CT molecular complexity index is 958. The van der Waals surface area contributed by atoms with E-state index in [1.165, 1.54) is 0 Å². The van der Waals surface area contributed by atoms with Gasteiger partial charge in [-0.25, -0.2) is 19.6 Å². The van der Waals surface area contributed by atoms with Gasteiger partial charge in [0.25, 0.3) is 0 Å². The maximum Gasteiger partial charge on any atom is 0.346 e. The number of carboxylic acids is 2. The molecule has 0 spiro atoms. The smallest absolute Gasteiger partial charge is 0.346 e. The number of rotatable bonds is 6. The van der Waals surface area contributed by atoms with Crippen molar-refractivity contribution in [1.82, 2.24) is 20.4 Å². The van der Waals surface area contributed by atoms with E-state index in [1.54, 1.807) is 48.5 Å². The van der Waals surface area contributed by atoms with Gasteiger partial charge in [-0.15, -0.1) is 20.4 Å². The third kappa shape index (κ3) is 4.85. The highest BCUT2D eigenvalue weighted by Gasteiger charge is 2.07. The van der Waals surface area contributed by atoms with Crippen LogP contribution < -0.4 is 0 Å². The third-order valence-electron chi connectivity index (χ3n) is 3.38. The molecule has 28 heavy (non-hydrogen) atoms. The van der Waals surface area contributed by atoms with Crippen molar-refractivity contribution in [2.24, 2.45) is 9.98 Å². The topological polar surface area (TPSA) is 151 Å². The number of aromatic nitrogens is 4. The van der Waals surface area contributed by atoms with Gasteiger partial charge < -0.3 is 10.2 Å². The van der Waals surface area contributed by atoms with Crippen LogP contribution in [0.2, 0.25) is 0 Å². The van der Waals surface area contributed by atoms with E-state index >= 15 is 0 Å². The predicted octanol–water partition coefficient (Wildman–Crippen LogP) is 2.17. The molecular formula is C18H12N6O4. The summed E-state index contributed by atoms with van der Waals surface area (Å²) >= 11 is 0. The molecule has 0 aliphatic heterocycles. The number of nitrogens with zero attached hydrogens (tertiary/aromatic N) is 6. The fourth-order valence-electron chi connectivity index (χ4n) is 2.11. The maximum absolute atomic E-state index is 10.5. The zero-order valence-corrected chi connectivity index (χ0v) is 14.2. The van der Waals surface area contributed by atoms with Crippen LogP contribution >= 0.6 is 0 Å². The Morgan fingerprint density at radius 1 is 0.643 bits per heavy atom. The molecule has 2 N–H and O–H groups in total. The molecule has 0 aliphatic carbocycles. The lowest BCUT2D eigenvalue weighted by molar-refractivity contribution is -0.129. The fourth-order valence-corrected chi connectivity index (χ4v) is 2.11. The highest BCUT2D eigenvalue weighted by molar-refractivity contribution is 6.23. The number of carbonyl (C=O) groups is 2. The van der Waals surface area contributed by atoms with E-state index in [4.69, 9.17) is 10.2 Å². The van der Waals surface area contributed by atoms with Crippen molar-refractivity contribution in [2.45, 2.75) is 0 Å². The van der Waals surface area contributed by atoms with E-state index < -0.39 is 11.9 Å². The maximum atomic E-state index is 10.5. The van der Waals surface area contributed by atoms with Crippen LogP contribution in [0.3, 0.4) is 0 Å². The second-order valence-electron chi connectivity index (χ2n) is 5.33. The number of aliphatic carboxylic acids is 2. The lowest BCUT2D eigenvalue weighted by Crippen LogP contribution is -1.99. The van der Waals surface area contributed by atoms with E-state index in [0.29, 0.717) is 34.2 Å². The first kappa shape index (κ1) is 18.5. The number of carboxylic acid groups (broad SMARTS) is 2. The minimum atomic E-state index is -1.13. The summed E-state index contributed by atoms with van der Waals surface area (Å²) in [5.41, 5.74) is 2.27. The summed E-state index contributed by atoms with van der Waals surface area (Å²) in [6, 6.07) is 13.2. The Balaban J connectivity index is 1.74. The van der Waals surface area contributed by atoms with Crippen molar-refractivity contribution in [3.8, 4) is 22.8 Å². The Morgan fingerprint density at radius 2 is 0.964 bits per heavy atom. The summed E-state index contributed by atoms with van der Waals surface area (Å²) in [6.07, 6.45) is 1.61. The van der Waals surface area contributed by atoms with Gasteiger partial charge >= 0.3 is 11.9 Å². The molecule has 0 unspecified atom stereocenters. The van der Waals surface area contributed by atoms with Gasteiger partial charge in [-0.1, -0.05) is 0 Å². The van der Waals surface area contributed by atoms with Crippen molar-refractivity contribution < 1.29 is 19.8 Å². The molecule has 0 aliphatic rings. The molecule has 0 atom stereocenters. The van der Waals surface area contributed by atoms with E-state index in [1.807, 2.05) is 0 Å². The van der Waals surface area contributed by atoms with Crippen LogP contribution in [0.15, 0.2) is 58.5 Å². The van der Waals surface area contributed by atoms with Gasteiger partial charge in [-0.3, -0.25) is 0 Å². The normalized spacial score (nSPS) is 11.1. The Hall–Kier alpha value is -4.34. The zero-order chi connectivity index (χ0) is 19.9. The summed E-state index contributed by atoms with van der Waals surface area (Å²) < 4.78 is 0. The molecule has 2 aromatic carbocycles. The van der Waals surface area contributed by atoms with Crippen molar-refractivity contribution >= 4 is 35.7 Å². The molecule has 138 valence electrons. The molecular weight excluding hydrogens is 364 g/mol. The summed E-state index contributed by atoms with van der Waals surface area (Å²) in [4.78, 5) is 28.5. The Labute approximate surface area is 158 Å². The van der Waals surface area contributed by atoms with Gasteiger partial charge in [0.1, 0.15) is 12.4 Å². The lowest BCUT2D eigenvalue weighted by Gasteiger charge is -2.02. The minimum absolute atomic E-state index is 0.306. The molecule has 0 bridgehead atoms. The van der Waals surface area contributed by atoms with E-state index in [9.17, 15) is 9.59 Å². The second kappa shape index (κ2) is 8.36. The molecule has 0 saturated carbocycles. The number of aliphatic imine (C=N–C) groups is 2. The van der Waals surface area contributed by atoms with Gasteiger partial charge in [0.2, 0.25) is 11.6 Å². The Kier molecular flexibility index (Phi) is 5.51. The van der Waals surface area contributed by atoms with Gasteiger partial charge in [-0.05, 0) is 48.5 Å². The molecule has 3 aromatic rings. The molecule has 10 heteroatoms. The quantitative estimate of drug-likeness (QED) is 0.621. The molecule has 0 amide bonds. The van der Waals surface area contributed by atoms with E-state index in [0.717, 1.165) is 12.4 Å². The van der Waals surface area contributed by atoms with Crippen LogP contribution in [0.4, 0.5) is 11.4 Å². The summed E-state index contributed by atoms with van der Waals surface area (Å²) in [5, 5.41) is 33.3. The molecule has 10 nitrogen and oxygen atoms in total. The monoisotopic (exact) mass is 376 g/mol. The number of benzene rings is 2. The fraction of sp³-hybridized carbons (Fsp3) is 0. The molecule has 3 rings (SSSR count). The van der Waals surface area contributed by atoms with Gasteiger partial charge in [0.15, 0.2) is 0 Å². The molecule has 0 fully saturated rings. The molecule has 0 saturated heterocycles. The number of hydrogen-bond acceptors (Lipinski definition) is 8. The zero-order valence-electron chi connectivity index (χ0n) is 14.2. The van der Waals surface area contributed by atoms with E-state index in [2.05, 4.69) is 30.4 Å². The molecule has 1 heterocycles. The highest BCUT2D eigenvalue weighted by atomic mass is 16.4. The third-order valence-corrected chi connectivity index (χ3v) is 3.38. The SMILES string of the molecule is O=C(O)/C=N/c1ccc(-c2nnc(-c3ccc(/N=C/C(=O)O)cc3)nn2)cc1. The van der Waals surface area contributed by atoms with Crippen molar-refractivity contribution in [3.63, 3.8) is 0 Å². The highest BCUT2D eigenvalue weighted by Crippen LogP contribution is 2.21. The van der Waals surface area contributed by atoms with Crippen LogP contribution in [0.25, 0.3) is 22.8 Å². The second-order valence-corrected chi connectivity index (χ2v) is 5.33. The number of hydrogen-bond donors (Lipinski definition) is 2. The van der Waals surface area contributed by atoms with Gasteiger partial charge in [-0.2, -0.15) is 0 Å². The Morgan fingerprint density at radius 3 is 1.25 bits per heavy atom. The van der Waals surface area contributed by atoms with Crippen LogP contribution in [-0.4, -0.2) is 55.0 Å². The summed E-state index contributed by atoms with van der Waals surface area (Å²) in [7, 11) is 0. The van der Waals surface area contributed by atoms with Crippen molar-refractivity contribution in [1.29, 1.82) is 0 Å². The van der Waals surface area contributed by atoms with Crippen LogP contribution in [0.1, 0.15) is 0 Å². The lowest BCUT2D eigenvalue weighted by atomic mass is 10.2. The van der Waals surface area contributed by atoms with Gasteiger partial charge in [0, 0.05) is 11.1 Å². The summed E-state index contributed by atoms with van der Waals surface area (Å²) in [5.74, 6) is -1.64. The van der Waals surface area contributed by atoms with Crippen LogP contribution in [0, 0.1) is 0 Å². The summed E-state index contributed by atoms with van der Waals surface area (Å²) in [6.45, 7) is 0. The average molecular weight is 376 g/mol. The first-order valence-corrected chi connectivity index (χ1v) is 7.83. The van der Waals surface area contributed by atoms with Crippen LogP contribution in [-0.2, 0) is 9.59 Å². The average Bonchev–Trinajstić information content (AvgIpc) is 2.72. The van der Waals surface area contributed by atoms with Crippen molar-refractivity contribution in [2.75, 3.05) is 0 Å². The first-order chi connectivity index (χ1) is 13.5. The predicted molar refractivity (Wildman–Crippen MR) is 100 cm³/mol. The standard InChI is InChI=1S/C18H12N6O4/c25-15(26)9-19-13-5-1-11(2-6-13)17-21-23-18(24-22-17)12-3-7-14(8-4-12)20-10-16(27)28/h1-10H,(H,25,26)(H,27,28)/b19-9+,20-10+. The van der Waals surface area contributed by atoms with Gasteiger partial charge in [0.05, 0.1) is 11.4 Å². The molecule has 0 radical (unpaired) electrons.